The van der Waals surface area contributed by atoms with E-state index in [4.69, 9.17) is 5.73 Å². The Bertz CT molecular complexity index is 329. The fourth-order valence-corrected chi connectivity index (χ4v) is 2.35. The Labute approximate surface area is 85.3 Å². The first-order chi connectivity index (χ1) is 6.51. The van der Waals surface area contributed by atoms with E-state index in [0.29, 0.717) is 0 Å². The fourth-order valence-electron chi connectivity index (χ4n) is 2.35. The molecule has 14 heavy (non-hydrogen) atoms. The number of rotatable bonds is 3. The lowest BCUT2D eigenvalue weighted by molar-refractivity contribution is 0.367. The molecule has 2 N–H and O–H groups in total. The summed E-state index contributed by atoms with van der Waals surface area (Å²) < 4.78 is 2.07. The Kier molecular flexibility index (Phi) is 1.96. The van der Waals surface area contributed by atoms with Gasteiger partial charge >= 0.3 is 0 Å². The molecule has 0 unspecified atom stereocenters. The van der Waals surface area contributed by atoms with Crippen molar-refractivity contribution < 1.29 is 0 Å². The van der Waals surface area contributed by atoms with Gasteiger partial charge in [-0.2, -0.15) is 5.10 Å². The van der Waals surface area contributed by atoms with E-state index < -0.39 is 0 Å². The summed E-state index contributed by atoms with van der Waals surface area (Å²) in [6, 6.07) is 2.12. The number of aryl methyl sites for hydroxylation is 1. The number of hydrogen-bond acceptors (Lipinski definition) is 2. The molecular weight excluding hydrogens is 174 g/mol. The van der Waals surface area contributed by atoms with Crippen LogP contribution in [-0.2, 0) is 12.0 Å². The Hall–Kier alpha value is -0.830. The van der Waals surface area contributed by atoms with Gasteiger partial charge in [-0.05, 0) is 39.7 Å². The number of nitrogens with two attached hydrogens (primary N) is 1. The summed E-state index contributed by atoms with van der Waals surface area (Å²) in [7, 11) is 0. The van der Waals surface area contributed by atoms with Gasteiger partial charge in [-0.1, -0.05) is 0 Å². The minimum atomic E-state index is -0.139. The van der Waals surface area contributed by atoms with Crippen LogP contribution in [0.25, 0.3) is 0 Å². The quantitative estimate of drug-likeness (QED) is 0.793. The molecule has 0 aromatic carbocycles. The van der Waals surface area contributed by atoms with Gasteiger partial charge in [-0.15, -0.1) is 0 Å². The van der Waals surface area contributed by atoms with Crippen LogP contribution in [0.4, 0.5) is 0 Å². The highest BCUT2D eigenvalue weighted by molar-refractivity contribution is 5.30. The van der Waals surface area contributed by atoms with Crippen molar-refractivity contribution in [1.29, 1.82) is 0 Å². The molecule has 0 atom stereocenters. The number of hydrogen-bond donors (Lipinski definition) is 1. The lowest BCUT2D eigenvalue weighted by Crippen LogP contribution is -2.46. The molecular formula is C11H19N3. The van der Waals surface area contributed by atoms with Gasteiger partial charge in [0.05, 0.1) is 0 Å². The minimum absolute atomic E-state index is 0.139. The summed E-state index contributed by atoms with van der Waals surface area (Å²) >= 11 is 0. The first kappa shape index (κ1) is 9.71. The number of nitrogens with zero attached hydrogens (tertiary/aromatic N) is 2. The van der Waals surface area contributed by atoms with Gasteiger partial charge in [0.1, 0.15) is 0 Å². The van der Waals surface area contributed by atoms with Crippen molar-refractivity contribution in [2.75, 3.05) is 0 Å². The minimum Gasteiger partial charge on any atom is -0.325 e. The zero-order valence-corrected chi connectivity index (χ0v) is 9.25. The lowest BCUT2D eigenvalue weighted by Gasteiger charge is -2.31. The fraction of sp³-hybridized carbons (Fsp3) is 0.727. The highest BCUT2D eigenvalue weighted by Crippen LogP contribution is 2.54. The van der Waals surface area contributed by atoms with Gasteiger partial charge in [-0.3, -0.25) is 4.68 Å². The van der Waals surface area contributed by atoms with Crippen molar-refractivity contribution in [1.82, 2.24) is 9.78 Å². The summed E-state index contributed by atoms with van der Waals surface area (Å²) in [6.45, 7) is 7.29. The Morgan fingerprint density at radius 3 is 2.64 bits per heavy atom. The molecule has 78 valence electrons. The standard InChI is InChI=1S/C11H19N3/c1-4-14-9(5-8-13-14)11(6-7-11)10(2,3)12/h5,8H,4,6-7,12H2,1-3H3. The normalized spacial score (nSPS) is 19.7. The van der Waals surface area contributed by atoms with Crippen LogP contribution in [0.1, 0.15) is 39.3 Å². The summed E-state index contributed by atoms with van der Waals surface area (Å²) in [4.78, 5) is 0. The van der Waals surface area contributed by atoms with Gasteiger partial charge in [0.15, 0.2) is 0 Å². The third kappa shape index (κ3) is 1.19. The molecule has 1 saturated carbocycles. The van der Waals surface area contributed by atoms with Crippen LogP contribution < -0.4 is 5.73 Å². The van der Waals surface area contributed by atoms with E-state index in [2.05, 4.69) is 36.6 Å². The average molecular weight is 193 g/mol. The highest BCUT2D eigenvalue weighted by atomic mass is 15.3. The van der Waals surface area contributed by atoms with E-state index in [9.17, 15) is 0 Å². The monoisotopic (exact) mass is 193 g/mol. The predicted octanol–water partition coefficient (Wildman–Crippen LogP) is 1.67. The molecule has 0 bridgehead atoms. The Morgan fingerprint density at radius 1 is 1.57 bits per heavy atom. The van der Waals surface area contributed by atoms with E-state index in [-0.39, 0.29) is 11.0 Å². The zero-order valence-electron chi connectivity index (χ0n) is 9.25. The van der Waals surface area contributed by atoms with Crippen LogP contribution in [0.2, 0.25) is 0 Å². The van der Waals surface area contributed by atoms with E-state index in [0.717, 1.165) is 6.54 Å². The second-order valence-corrected chi connectivity index (χ2v) is 4.84. The maximum Gasteiger partial charge on any atom is 0.0492 e. The van der Waals surface area contributed by atoms with E-state index in [1.807, 2.05) is 6.20 Å². The van der Waals surface area contributed by atoms with Gasteiger partial charge in [0.25, 0.3) is 0 Å². The smallest absolute Gasteiger partial charge is 0.0492 e. The van der Waals surface area contributed by atoms with Gasteiger partial charge in [0.2, 0.25) is 0 Å². The first-order valence-corrected chi connectivity index (χ1v) is 5.32. The van der Waals surface area contributed by atoms with Crippen LogP contribution in [0.3, 0.4) is 0 Å². The second kappa shape index (κ2) is 2.83. The SMILES string of the molecule is CCn1nccc1C1(C(C)(C)N)CC1. The Morgan fingerprint density at radius 2 is 2.21 bits per heavy atom. The van der Waals surface area contributed by atoms with Gasteiger partial charge in [-0.25, -0.2) is 0 Å². The molecule has 1 aliphatic carbocycles. The summed E-state index contributed by atoms with van der Waals surface area (Å²) in [5, 5.41) is 4.32. The van der Waals surface area contributed by atoms with Crippen LogP contribution in [-0.4, -0.2) is 15.3 Å². The van der Waals surface area contributed by atoms with Gasteiger partial charge < -0.3 is 5.73 Å². The molecule has 0 spiro atoms. The van der Waals surface area contributed by atoms with Crippen LogP contribution in [0.15, 0.2) is 12.3 Å². The zero-order chi connectivity index (χ0) is 10.4. The molecule has 0 radical (unpaired) electrons. The van der Waals surface area contributed by atoms with Gasteiger partial charge in [0, 0.05) is 29.4 Å². The summed E-state index contributed by atoms with van der Waals surface area (Å²) in [5.41, 5.74) is 7.60. The molecule has 0 amide bonds. The van der Waals surface area contributed by atoms with Crippen molar-refractivity contribution in [3.63, 3.8) is 0 Å². The average Bonchev–Trinajstić information content (AvgIpc) is 2.78. The summed E-state index contributed by atoms with van der Waals surface area (Å²) in [6.07, 6.45) is 4.27. The maximum absolute atomic E-state index is 6.25. The molecule has 3 nitrogen and oxygen atoms in total. The topological polar surface area (TPSA) is 43.8 Å². The third-order valence-electron chi connectivity index (χ3n) is 3.49. The van der Waals surface area contributed by atoms with E-state index in [1.165, 1.54) is 18.5 Å². The molecule has 1 aromatic heterocycles. The highest BCUT2D eigenvalue weighted by Gasteiger charge is 2.55. The molecule has 3 heteroatoms. The lowest BCUT2D eigenvalue weighted by atomic mass is 9.82. The van der Waals surface area contributed by atoms with Crippen molar-refractivity contribution >= 4 is 0 Å². The second-order valence-electron chi connectivity index (χ2n) is 4.84. The van der Waals surface area contributed by atoms with Crippen LogP contribution in [0, 0.1) is 0 Å². The van der Waals surface area contributed by atoms with Crippen molar-refractivity contribution in [2.24, 2.45) is 5.73 Å². The van der Waals surface area contributed by atoms with Crippen molar-refractivity contribution in [3.05, 3.63) is 18.0 Å². The summed E-state index contributed by atoms with van der Waals surface area (Å²) in [5.74, 6) is 0. The maximum atomic E-state index is 6.25. The van der Waals surface area contributed by atoms with Crippen LogP contribution >= 0.6 is 0 Å². The molecule has 1 fully saturated rings. The number of aromatic nitrogens is 2. The molecule has 1 heterocycles. The van der Waals surface area contributed by atoms with Crippen molar-refractivity contribution in [3.8, 4) is 0 Å². The van der Waals surface area contributed by atoms with E-state index >= 15 is 0 Å². The molecule has 1 aliphatic rings. The molecule has 0 aliphatic heterocycles. The molecule has 0 saturated heterocycles. The first-order valence-electron chi connectivity index (χ1n) is 5.32. The largest absolute Gasteiger partial charge is 0.325 e. The molecule has 1 aromatic rings. The molecule has 2 rings (SSSR count). The van der Waals surface area contributed by atoms with Crippen molar-refractivity contribution in [2.45, 2.75) is 51.1 Å². The van der Waals surface area contributed by atoms with E-state index in [1.54, 1.807) is 0 Å². The van der Waals surface area contributed by atoms with Crippen LogP contribution in [0.5, 0.6) is 0 Å². The predicted molar refractivity (Wildman–Crippen MR) is 57.1 cm³/mol. The third-order valence-corrected chi connectivity index (χ3v) is 3.49. The Balaban J connectivity index is 2.40.